The minimum absolute atomic E-state index is 0.173. The Labute approximate surface area is 151 Å². The second-order valence-corrected chi connectivity index (χ2v) is 5.72. The summed E-state index contributed by atoms with van der Waals surface area (Å²) in [7, 11) is 0. The maximum absolute atomic E-state index is 13.2. The minimum atomic E-state index is -0.311. The average Bonchev–Trinajstić information content (AvgIpc) is 3.03. The second-order valence-electron chi connectivity index (χ2n) is 5.72. The molecule has 0 unspecified atom stereocenters. The Bertz CT molecular complexity index is 916. The molecular formula is C20H20FN3O2. The molecule has 0 atom stereocenters. The number of imidazole rings is 1. The van der Waals surface area contributed by atoms with Crippen molar-refractivity contribution >= 4 is 17.6 Å². The number of pyridine rings is 1. The molecule has 0 fully saturated rings. The SMILES string of the molecule is CCOc1ccc(/C=C/C(=O)NCCc2cn3cc(F)ccc3n2)cc1. The van der Waals surface area contributed by atoms with Gasteiger partial charge in [-0.1, -0.05) is 12.1 Å². The lowest BCUT2D eigenvalue weighted by Crippen LogP contribution is -2.23. The first kappa shape index (κ1) is 17.7. The molecule has 5 nitrogen and oxygen atoms in total. The van der Waals surface area contributed by atoms with Crippen LogP contribution in [-0.2, 0) is 11.2 Å². The molecule has 2 aromatic heterocycles. The van der Waals surface area contributed by atoms with Crippen molar-refractivity contribution in [3.63, 3.8) is 0 Å². The van der Waals surface area contributed by atoms with Gasteiger partial charge in [-0.25, -0.2) is 9.37 Å². The molecule has 0 spiro atoms. The van der Waals surface area contributed by atoms with Crippen LogP contribution < -0.4 is 10.1 Å². The number of hydrogen-bond acceptors (Lipinski definition) is 3. The Morgan fingerprint density at radius 3 is 2.81 bits per heavy atom. The lowest BCUT2D eigenvalue weighted by molar-refractivity contribution is -0.116. The summed E-state index contributed by atoms with van der Waals surface area (Å²) in [6.45, 7) is 3.01. The number of carbonyl (C=O) groups is 1. The van der Waals surface area contributed by atoms with Crippen molar-refractivity contribution in [1.82, 2.24) is 14.7 Å². The Balaban J connectivity index is 1.48. The highest BCUT2D eigenvalue weighted by Crippen LogP contribution is 2.13. The fourth-order valence-corrected chi connectivity index (χ4v) is 2.52. The topological polar surface area (TPSA) is 55.6 Å². The summed E-state index contributed by atoms with van der Waals surface area (Å²) in [6, 6.07) is 10.5. The molecule has 0 aliphatic carbocycles. The third-order valence-corrected chi connectivity index (χ3v) is 3.76. The highest BCUT2D eigenvalue weighted by molar-refractivity contribution is 5.91. The Kier molecular flexibility index (Phi) is 5.63. The zero-order chi connectivity index (χ0) is 18.4. The van der Waals surface area contributed by atoms with Crippen molar-refractivity contribution in [1.29, 1.82) is 0 Å². The number of ether oxygens (including phenoxy) is 1. The molecule has 3 aromatic rings. The lowest BCUT2D eigenvalue weighted by Gasteiger charge is -2.02. The van der Waals surface area contributed by atoms with Crippen molar-refractivity contribution in [3.8, 4) is 5.75 Å². The lowest BCUT2D eigenvalue weighted by atomic mass is 10.2. The van der Waals surface area contributed by atoms with Crippen LogP contribution in [0.25, 0.3) is 11.7 Å². The van der Waals surface area contributed by atoms with E-state index in [1.54, 1.807) is 22.7 Å². The van der Waals surface area contributed by atoms with Gasteiger partial charge in [0.2, 0.25) is 5.91 Å². The number of carbonyl (C=O) groups excluding carboxylic acids is 1. The normalized spacial score (nSPS) is 11.2. The van der Waals surface area contributed by atoms with Gasteiger partial charge < -0.3 is 14.5 Å². The third-order valence-electron chi connectivity index (χ3n) is 3.76. The summed E-state index contributed by atoms with van der Waals surface area (Å²) >= 11 is 0. The summed E-state index contributed by atoms with van der Waals surface area (Å²) < 4.78 is 20.2. The zero-order valence-corrected chi connectivity index (χ0v) is 14.5. The zero-order valence-electron chi connectivity index (χ0n) is 14.5. The van der Waals surface area contributed by atoms with Gasteiger partial charge in [-0.2, -0.15) is 0 Å². The third kappa shape index (κ3) is 4.69. The van der Waals surface area contributed by atoms with E-state index in [1.165, 1.54) is 18.3 Å². The van der Waals surface area contributed by atoms with E-state index in [-0.39, 0.29) is 11.7 Å². The Morgan fingerprint density at radius 1 is 1.23 bits per heavy atom. The number of aromatic nitrogens is 2. The molecule has 1 aromatic carbocycles. The monoisotopic (exact) mass is 353 g/mol. The molecule has 0 aliphatic rings. The van der Waals surface area contributed by atoms with Crippen LogP contribution in [0.1, 0.15) is 18.2 Å². The van der Waals surface area contributed by atoms with Gasteiger partial charge in [-0.15, -0.1) is 0 Å². The summed E-state index contributed by atoms with van der Waals surface area (Å²) in [6.07, 6.45) is 6.96. The van der Waals surface area contributed by atoms with Crippen LogP contribution in [-0.4, -0.2) is 28.4 Å². The molecule has 0 saturated carbocycles. The summed E-state index contributed by atoms with van der Waals surface area (Å²) in [4.78, 5) is 16.3. The van der Waals surface area contributed by atoms with Crippen LogP contribution in [0.15, 0.2) is 54.9 Å². The Morgan fingerprint density at radius 2 is 2.04 bits per heavy atom. The van der Waals surface area contributed by atoms with Gasteiger partial charge in [0.05, 0.1) is 12.3 Å². The van der Waals surface area contributed by atoms with Crippen LogP contribution in [0.2, 0.25) is 0 Å². The van der Waals surface area contributed by atoms with Gasteiger partial charge in [0.15, 0.2) is 0 Å². The molecule has 0 saturated heterocycles. The molecule has 26 heavy (non-hydrogen) atoms. The number of amides is 1. The maximum Gasteiger partial charge on any atom is 0.244 e. The van der Waals surface area contributed by atoms with Crippen molar-refractivity contribution in [3.05, 3.63) is 71.9 Å². The molecule has 2 heterocycles. The first-order valence-electron chi connectivity index (χ1n) is 8.46. The Hall–Kier alpha value is -3.15. The van der Waals surface area contributed by atoms with Gasteiger partial charge >= 0.3 is 0 Å². The smallest absolute Gasteiger partial charge is 0.244 e. The maximum atomic E-state index is 13.2. The number of fused-ring (bicyclic) bond motifs is 1. The van der Waals surface area contributed by atoms with Crippen molar-refractivity contribution in [2.24, 2.45) is 0 Å². The number of benzene rings is 1. The number of halogens is 1. The predicted octanol–water partition coefficient (Wildman–Crippen LogP) is 3.24. The fraction of sp³-hybridized carbons (Fsp3) is 0.200. The van der Waals surface area contributed by atoms with Gasteiger partial charge in [-0.3, -0.25) is 4.79 Å². The number of hydrogen-bond donors (Lipinski definition) is 1. The highest BCUT2D eigenvalue weighted by Gasteiger charge is 2.03. The van der Waals surface area contributed by atoms with E-state index in [1.807, 2.05) is 31.2 Å². The van der Waals surface area contributed by atoms with Gasteiger partial charge in [0.1, 0.15) is 17.2 Å². The van der Waals surface area contributed by atoms with E-state index < -0.39 is 0 Å². The van der Waals surface area contributed by atoms with E-state index in [2.05, 4.69) is 10.3 Å². The first-order chi connectivity index (χ1) is 12.6. The van der Waals surface area contributed by atoms with E-state index in [4.69, 9.17) is 4.74 Å². The van der Waals surface area contributed by atoms with E-state index in [0.29, 0.717) is 25.2 Å². The minimum Gasteiger partial charge on any atom is -0.494 e. The summed E-state index contributed by atoms with van der Waals surface area (Å²) in [5.41, 5.74) is 2.40. The van der Waals surface area contributed by atoms with Crippen molar-refractivity contribution in [2.75, 3.05) is 13.2 Å². The highest BCUT2D eigenvalue weighted by atomic mass is 19.1. The van der Waals surface area contributed by atoms with E-state index in [0.717, 1.165) is 17.0 Å². The predicted molar refractivity (Wildman–Crippen MR) is 98.5 cm³/mol. The van der Waals surface area contributed by atoms with Crippen LogP contribution in [0.4, 0.5) is 4.39 Å². The summed E-state index contributed by atoms with van der Waals surface area (Å²) in [5, 5.41) is 2.82. The number of nitrogens with one attached hydrogen (secondary N) is 1. The number of nitrogens with zero attached hydrogens (tertiary/aromatic N) is 2. The quantitative estimate of drug-likeness (QED) is 0.664. The van der Waals surface area contributed by atoms with Crippen LogP contribution in [0, 0.1) is 5.82 Å². The number of rotatable bonds is 7. The summed E-state index contributed by atoms with van der Waals surface area (Å²) in [5.74, 6) is 0.323. The fourth-order valence-electron chi connectivity index (χ4n) is 2.52. The largest absolute Gasteiger partial charge is 0.494 e. The first-order valence-corrected chi connectivity index (χ1v) is 8.46. The van der Waals surface area contributed by atoms with Gasteiger partial charge in [-0.05, 0) is 42.8 Å². The van der Waals surface area contributed by atoms with Crippen LogP contribution in [0.3, 0.4) is 0 Å². The van der Waals surface area contributed by atoms with Crippen LogP contribution >= 0.6 is 0 Å². The van der Waals surface area contributed by atoms with E-state index in [9.17, 15) is 9.18 Å². The molecule has 0 bridgehead atoms. The molecule has 1 N–H and O–H groups in total. The molecule has 0 radical (unpaired) electrons. The molecule has 1 amide bonds. The van der Waals surface area contributed by atoms with Gasteiger partial charge in [0, 0.05) is 31.4 Å². The van der Waals surface area contributed by atoms with Crippen molar-refractivity contribution < 1.29 is 13.9 Å². The molecule has 134 valence electrons. The van der Waals surface area contributed by atoms with Crippen LogP contribution in [0.5, 0.6) is 5.75 Å². The molecule has 6 heteroatoms. The van der Waals surface area contributed by atoms with Gasteiger partial charge in [0.25, 0.3) is 0 Å². The average molecular weight is 353 g/mol. The molecule has 0 aliphatic heterocycles. The second kappa shape index (κ2) is 8.29. The molecular weight excluding hydrogens is 333 g/mol. The van der Waals surface area contributed by atoms with Crippen molar-refractivity contribution in [2.45, 2.75) is 13.3 Å². The molecule has 3 rings (SSSR count). The van der Waals surface area contributed by atoms with E-state index >= 15 is 0 Å². The standard InChI is InChI=1S/C20H20FN3O2/c1-2-26-18-7-3-15(4-8-18)5-10-20(25)22-12-11-17-14-24-13-16(21)6-9-19(24)23-17/h3-10,13-14H,2,11-12H2,1H3,(H,22,25)/b10-5+.